The molecule has 26 heavy (non-hydrogen) atoms. The Balaban J connectivity index is 1.46. The molecule has 2 aliphatic rings. The predicted octanol–water partition coefficient (Wildman–Crippen LogP) is 2.59. The molecule has 0 spiro atoms. The number of aliphatic imine (C=N–C) groups is 1. The molecule has 1 aromatic rings. The molecule has 0 saturated carbocycles. The van der Waals surface area contributed by atoms with Crippen LogP contribution in [0.1, 0.15) is 51.2 Å². The van der Waals surface area contributed by atoms with Crippen molar-refractivity contribution in [2.45, 2.75) is 64.2 Å². The van der Waals surface area contributed by atoms with Crippen LogP contribution < -0.4 is 5.32 Å². The second-order valence-corrected chi connectivity index (χ2v) is 9.02. The molecule has 0 aliphatic carbocycles. The summed E-state index contributed by atoms with van der Waals surface area (Å²) in [6.45, 7) is 8.85. The van der Waals surface area contributed by atoms with Crippen molar-refractivity contribution in [2.24, 2.45) is 10.9 Å². The quantitative estimate of drug-likeness (QED) is 0.485. The van der Waals surface area contributed by atoms with Crippen LogP contribution in [0.15, 0.2) is 4.99 Å². The molecule has 1 aromatic heterocycles. The highest BCUT2D eigenvalue weighted by atomic mass is 32.2. The minimum atomic E-state index is 0.703. The molecule has 0 amide bonds. The van der Waals surface area contributed by atoms with Gasteiger partial charge in [-0.1, -0.05) is 20.3 Å². The van der Waals surface area contributed by atoms with Crippen molar-refractivity contribution >= 4 is 17.7 Å². The highest BCUT2D eigenvalue weighted by Crippen LogP contribution is 2.24. The van der Waals surface area contributed by atoms with Gasteiger partial charge < -0.3 is 14.8 Å². The Bertz CT molecular complexity index is 597. The molecule has 1 N–H and O–H groups in total. The van der Waals surface area contributed by atoms with Crippen LogP contribution in [-0.2, 0) is 19.4 Å². The summed E-state index contributed by atoms with van der Waals surface area (Å²) < 4.78 is 2.36. The van der Waals surface area contributed by atoms with E-state index in [0.717, 1.165) is 57.2 Å². The molecule has 1 atom stereocenters. The van der Waals surface area contributed by atoms with Crippen LogP contribution in [0.3, 0.4) is 0 Å². The van der Waals surface area contributed by atoms with Crippen molar-refractivity contribution < 1.29 is 0 Å². The summed E-state index contributed by atoms with van der Waals surface area (Å²) in [5.41, 5.74) is 0. The normalized spacial score (nSPS) is 21.6. The first kappa shape index (κ1) is 19.5. The maximum Gasteiger partial charge on any atom is 0.193 e. The molecular formula is C19H34N6S. The molecule has 0 aromatic carbocycles. The van der Waals surface area contributed by atoms with Crippen molar-refractivity contribution in [2.75, 3.05) is 32.4 Å². The lowest BCUT2D eigenvalue weighted by Crippen LogP contribution is -2.49. The molecule has 6 nitrogen and oxygen atoms in total. The van der Waals surface area contributed by atoms with Gasteiger partial charge in [0.05, 0.1) is 0 Å². The molecule has 1 unspecified atom stereocenters. The molecule has 2 aliphatic heterocycles. The van der Waals surface area contributed by atoms with Gasteiger partial charge in [-0.3, -0.25) is 4.99 Å². The molecule has 3 heterocycles. The number of aryl methyl sites for hydroxylation is 2. The molecule has 146 valence electrons. The van der Waals surface area contributed by atoms with E-state index in [4.69, 9.17) is 0 Å². The van der Waals surface area contributed by atoms with Crippen molar-refractivity contribution in [3.8, 4) is 0 Å². The van der Waals surface area contributed by atoms with Gasteiger partial charge in [0, 0.05) is 57.1 Å². The Kier molecular flexibility index (Phi) is 7.23. The second-order valence-electron chi connectivity index (χ2n) is 7.67. The third-order valence-electron chi connectivity index (χ3n) is 5.39. The minimum absolute atomic E-state index is 0.703. The summed E-state index contributed by atoms with van der Waals surface area (Å²) in [5, 5.41) is 13.1. The lowest BCUT2D eigenvalue weighted by atomic mass is 10.1. The van der Waals surface area contributed by atoms with Crippen LogP contribution >= 0.6 is 11.8 Å². The molecule has 1 fully saturated rings. The SMILES string of the molecule is CN=C(NCCCc1nnc2n1CCCCC2)N1CCSC(C(C)C)C1. The third-order valence-corrected chi connectivity index (χ3v) is 6.93. The average Bonchev–Trinajstić information content (AvgIpc) is 2.88. The number of nitrogens with one attached hydrogen (secondary N) is 1. The topological polar surface area (TPSA) is 58.3 Å². The smallest absolute Gasteiger partial charge is 0.193 e. The number of hydrogen-bond donors (Lipinski definition) is 1. The molecule has 0 bridgehead atoms. The highest BCUT2D eigenvalue weighted by Gasteiger charge is 2.24. The van der Waals surface area contributed by atoms with Crippen LogP contribution in [0.25, 0.3) is 0 Å². The Morgan fingerprint density at radius 3 is 2.96 bits per heavy atom. The molecule has 3 rings (SSSR count). The van der Waals surface area contributed by atoms with Crippen LogP contribution in [0, 0.1) is 5.92 Å². The number of aromatic nitrogens is 3. The molecular weight excluding hydrogens is 344 g/mol. The number of fused-ring (bicyclic) bond motifs is 1. The van der Waals surface area contributed by atoms with Crippen molar-refractivity contribution in [1.29, 1.82) is 0 Å². The van der Waals surface area contributed by atoms with E-state index in [9.17, 15) is 0 Å². The van der Waals surface area contributed by atoms with E-state index in [1.165, 1.54) is 30.8 Å². The van der Waals surface area contributed by atoms with E-state index in [0.29, 0.717) is 11.2 Å². The summed E-state index contributed by atoms with van der Waals surface area (Å²) in [4.78, 5) is 6.93. The summed E-state index contributed by atoms with van der Waals surface area (Å²) in [7, 11) is 1.90. The Morgan fingerprint density at radius 2 is 2.15 bits per heavy atom. The predicted molar refractivity (Wildman–Crippen MR) is 110 cm³/mol. The zero-order valence-corrected chi connectivity index (χ0v) is 17.4. The van der Waals surface area contributed by atoms with Gasteiger partial charge in [-0.25, -0.2) is 0 Å². The average molecular weight is 379 g/mol. The van der Waals surface area contributed by atoms with Gasteiger partial charge in [0.2, 0.25) is 0 Å². The maximum absolute atomic E-state index is 4.51. The van der Waals surface area contributed by atoms with E-state index in [2.05, 4.69) is 55.6 Å². The maximum atomic E-state index is 4.51. The first-order chi connectivity index (χ1) is 12.7. The van der Waals surface area contributed by atoms with Gasteiger partial charge in [-0.15, -0.1) is 10.2 Å². The zero-order chi connectivity index (χ0) is 18.4. The van der Waals surface area contributed by atoms with Crippen LogP contribution in [0.4, 0.5) is 0 Å². The standard InChI is InChI=1S/C19H34N6S/c1-15(2)16-14-24(12-13-26-16)19(20-3)21-10-7-9-18-23-22-17-8-5-4-6-11-25(17)18/h15-16H,4-14H2,1-3H3,(H,20,21). The number of rotatable bonds is 5. The van der Waals surface area contributed by atoms with Crippen molar-refractivity contribution in [3.05, 3.63) is 11.6 Å². The minimum Gasteiger partial charge on any atom is -0.356 e. The van der Waals surface area contributed by atoms with Gasteiger partial charge in [0.25, 0.3) is 0 Å². The Labute approximate surface area is 162 Å². The van der Waals surface area contributed by atoms with Crippen molar-refractivity contribution in [3.63, 3.8) is 0 Å². The first-order valence-corrected chi connectivity index (χ1v) is 11.2. The fourth-order valence-electron chi connectivity index (χ4n) is 3.78. The number of nitrogens with zero attached hydrogens (tertiary/aromatic N) is 5. The summed E-state index contributed by atoms with van der Waals surface area (Å²) >= 11 is 2.10. The van der Waals surface area contributed by atoms with E-state index in [-0.39, 0.29) is 0 Å². The lowest BCUT2D eigenvalue weighted by molar-refractivity contribution is 0.380. The van der Waals surface area contributed by atoms with Gasteiger partial charge >= 0.3 is 0 Å². The number of thioether (sulfide) groups is 1. The van der Waals surface area contributed by atoms with Crippen LogP contribution in [-0.4, -0.2) is 63.3 Å². The number of hydrogen-bond acceptors (Lipinski definition) is 4. The van der Waals surface area contributed by atoms with Gasteiger partial charge in [0.1, 0.15) is 11.6 Å². The Hall–Kier alpha value is -1.24. The van der Waals surface area contributed by atoms with Crippen LogP contribution in [0.2, 0.25) is 0 Å². The summed E-state index contributed by atoms with van der Waals surface area (Å²) in [6, 6.07) is 0. The van der Waals surface area contributed by atoms with E-state index < -0.39 is 0 Å². The second kappa shape index (κ2) is 9.62. The fourth-order valence-corrected chi connectivity index (χ4v) is 5.08. The molecule has 1 saturated heterocycles. The van der Waals surface area contributed by atoms with Crippen molar-refractivity contribution in [1.82, 2.24) is 25.0 Å². The molecule has 0 radical (unpaired) electrons. The third kappa shape index (κ3) is 4.93. The van der Waals surface area contributed by atoms with Gasteiger partial charge in [0.15, 0.2) is 5.96 Å². The van der Waals surface area contributed by atoms with E-state index >= 15 is 0 Å². The summed E-state index contributed by atoms with van der Waals surface area (Å²) in [6.07, 6.45) is 6.96. The molecule has 7 heteroatoms. The largest absolute Gasteiger partial charge is 0.356 e. The van der Waals surface area contributed by atoms with E-state index in [1.807, 2.05) is 7.05 Å². The van der Waals surface area contributed by atoms with E-state index in [1.54, 1.807) is 0 Å². The van der Waals surface area contributed by atoms with Gasteiger partial charge in [-0.2, -0.15) is 11.8 Å². The Morgan fingerprint density at radius 1 is 1.27 bits per heavy atom. The fraction of sp³-hybridized carbons (Fsp3) is 0.842. The summed E-state index contributed by atoms with van der Waals surface area (Å²) in [5.74, 6) is 5.30. The highest BCUT2D eigenvalue weighted by molar-refractivity contribution is 8.00. The van der Waals surface area contributed by atoms with Gasteiger partial charge in [-0.05, 0) is 25.2 Å². The lowest BCUT2D eigenvalue weighted by Gasteiger charge is -2.36. The monoisotopic (exact) mass is 378 g/mol. The number of guanidine groups is 1. The zero-order valence-electron chi connectivity index (χ0n) is 16.6. The first-order valence-electron chi connectivity index (χ1n) is 10.2. The van der Waals surface area contributed by atoms with Crippen LogP contribution in [0.5, 0.6) is 0 Å².